The van der Waals surface area contributed by atoms with Crippen LogP contribution in [0, 0.1) is 13.8 Å². The Morgan fingerprint density at radius 1 is 1.07 bits per heavy atom. The third-order valence-electron chi connectivity index (χ3n) is 5.30. The van der Waals surface area contributed by atoms with Gasteiger partial charge in [-0.15, -0.1) is 0 Å². The highest BCUT2D eigenvalue weighted by atomic mass is 32.2. The number of piperazine rings is 1. The average Bonchev–Trinajstić information content (AvgIpc) is 2.65. The van der Waals surface area contributed by atoms with Gasteiger partial charge < -0.3 is 5.32 Å². The molecule has 1 aliphatic rings. The molecule has 0 spiro atoms. The van der Waals surface area contributed by atoms with Crippen LogP contribution in [0.5, 0.6) is 0 Å². The van der Waals surface area contributed by atoms with E-state index in [1.54, 1.807) is 27.7 Å². The zero-order chi connectivity index (χ0) is 22.7. The van der Waals surface area contributed by atoms with Crippen molar-refractivity contribution in [1.29, 1.82) is 0 Å². The minimum Gasteiger partial charge on any atom is -0.325 e. The van der Waals surface area contributed by atoms with Crippen molar-refractivity contribution in [3.05, 3.63) is 23.3 Å². The minimum absolute atomic E-state index is 0.0591. The SMILES string of the molecule is CCN(CC)S(=O)(=O)N1CCN(CC(=O)Nc2cc(S(N)(=O)=O)cc(C)c2C)CC1. The van der Waals surface area contributed by atoms with Crippen LogP contribution in [0.1, 0.15) is 25.0 Å². The molecule has 1 aromatic carbocycles. The summed E-state index contributed by atoms with van der Waals surface area (Å²) in [7, 11) is -7.37. The number of amides is 1. The Kier molecular flexibility index (Phi) is 7.99. The number of nitrogens with two attached hydrogens (primary N) is 1. The monoisotopic (exact) mass is 461 g/mol. The predicted octanol–water partition coefficient (Wildman–Crippen LogP) is 0.0935. The van der Waals surface area contributed by atoms with Crippen LogP contribution in [0.25, 0.3) is 0 Å². The number of anilines is 1. The first-order chi connectivity index (χ1) is 13.9. The van der Waals surface area contributed by atoms with Crippen LogP contribution in [0.3, 0.4) is 0 Å². The molecule has 1 fully saturated rings. The summed E-state index contributed by atoms with van der Waals surface area (Å²) in [5.41, 5.74) is 1.85. The number of nitrogens with one attached hydrogen (secondary N) is 1. The van der Waals surface area contributed by atoms with Crippen molar-refractivity contribution >= 4 is 31.8 Å². The Morgan fingerprint density at radius 3 is 2.13 bits per heavy atom. The number of carbonyl (C=O) groups excluding carboxylic acids is 1. The number of benzene rings is 1. The minimum atomic E-state index is -3.89. The van der Waals surface area contributed by atoms with E-state index in [-0.39, 0.29) is 17.3 Å². The summed E-state index contributed by atoms with van der Waals surface area (Å²) >= 11 is 0. The molecular weight excluding hydrogens is 430 g/mol. The summed E-state index contributed by atoms with van der Waals surface area (Å²) < 4.78 is 51.4. The van der Waals surface area contributed by atoms with E-state index < -0.39 is 20.2 Å². The van der Waals surface area contributed by atoms with Gasteiger partial charge in [-0.1, -0.05) is 13.8 Å². The fraction of sp³-hybridized carbons (Fsp3) is 0.611. The number of aryl methyl sites for hydroxylation is 1. The second-order valence-electron chi connectivity index (χ2n) is 7.27. The first kappa shape index (κ1) is 24.7. The Morgan fingerprint density at radius 2 is 1.63 bits per heavy atom. The predicted molar refractivity (Wildman–Crippen MR) is 116 cm³/mol. The molecule has 1 aromatic rings. The largest absolute Gasteiger partial charge is 0.325 e. The lowest BCUT2D eigenvalue weighted by Crippen LogP contribution is -2.54. The molecule has 0 aliphatic carbocycles. The zero-order valence-corrected chi connectivity index (χ0v) is 19.5. The van der Waals surface area contributed by atoms with Gasteiger partial charge in [0.15, 0.2) is 0 Å². The van der Waals surface area contributed by atoms with Crippen molar-refractivity contribution in [1.82, 2.24) is 13.5 Å². The van der Waals surface area contributed by atoms with Gasteiger partial charge in [-0.25, -0.2) is 13.6 Å². The van der Waals surface area contributed by atoms with Crippen LogP contribution in [0.4, 0.5) is 5.69 Å². The molecule has 2 rings (SSSR count). The molecule has 3 N–H and O–H groups in total. The zero-order valence-electron chi connectivity index (χ0n) is 17.9. The fourth-order valence-electron chi connectivity index (χ4n) is 3.34. The van der Waals surface area contributed by atoms with E-state index in [2.05, 4.69) is 5.32 Å². The van der Waals surface area contributed by atoms with E-state index in [0.29, 0.717) is 50.5 Å². The maximum Gasteiger partial charge on any atom is 0.282 e. The molecule has 1 amide bonds. The van der Waals surface area contributed by atoms with E-state index in [0.717, 1.165) is 5.56 Å². The molecule has 0 unspecified atom stereocenters. The lowest BCUT2D eigenvalue weighted by molar-refractivity contribution is -0.117. The maximum absolute atomic E-state index is 12.6. The van der Waals surface area contributed by atoms with E-state index in [9.17, 15) is 21.6 Å². The topological polar surface area (TPSA) is 133 Å². The number of hydrogen-bond acceptors (Lipinski definition) is 6. The summed E-state index contributed by atoms with van der Waals surface area (Å²) in [5.74, 6) is -0.302. The van der Waals surface area contributed by atoms with Crippen LogP contribution in [-0.2, 0) is 25.0 Å². The molecule has 30 heavy (non-hydrogen) atoms. The Labute approximate surface area is 179 Å². The van der Waals surface area contributed by atoms with Crippen LogP contribution in [-0.4, -0.2) is 82.1 Å². The Hall–Kier alpha value is -1.57. The standard InChI is InChI=1S/C18H31N5O5S2/c1-5-22(6-2)30(27,28)23-9-7-21(8-10-23)13-18(24)20-17-12-16(29(19,25)26)11-14(3)15(17)4/h11-12H,5-10,13H2,1-4H3,(H,20,24)(H2,19,25,26). The quantitative estimate of drug-likeness (QED) is 0.564. The molecule has 10 nitrogen and oxygen atoms in total. The number of sulfonamides is 1. The lowest BCUT2D eigenvalue weighted by atomic mass is 10.1. The summed E-state index contributed by atoms with van der Waals surface area (Å²) in [4.78, 5) is 14.3. The first-order valence-corrected chi connectivity index (χ1v) is 12.8. The smallest absolute Gasteiger partial charge is 0.282 e. The van der Waals surface area contributed by atoms with Gasteiger partial charge >= 0.3 is 0 Å². The molecule has 12 heteroatoms. The fourth-order valence-corrected chi connectivity index (χ4v) is 5.57. The van der Waals surface area contributed by atoms with Crippen LogP contribution in [0.2, 0.25) is 0 Å². The second-order valence-corrected chi connectivity index (χ2v) is 10.8. The highest BCUT2D eigenvalue weighted by molar-refractivity contribution is 7.89. The van der Waals surface area contributed by atoms with Gasteiger partial charge in [-0.3, -0.25) is 9.69 Å². The van der Waals surface area contributed by atoms with Gasteiger partial charge in [0, 0.05) is 45.0 Å². The molecule has 0 atom stereocenters. The highest BCUT2D eigenvalue weighted by Gasteiger charge is 2.31. The molecule has 0 saturated carbocycles. The van der Waals surface area contributed by atoms with Crippen molar-refractivity contribution in [2.24, 2.45) is 5.14 Å². The lowest BCUT2D eigenvalue weighted by Gasteiger charge is -2.36. The number of carbonyl (C=O) groups is 1. The van der Waals surface area contributed by atoms with Gasteiger partial charge in [-0.2, -0.15) is 17.0 Å². The third kappa shape index (κ3) is 5.77. The molecule has 1 aliphatic heterocycles. The van der Waals surface area contributed by atoms with Gasteiger partial charge in [0.2, 0.25) is 15.9 Å². The third-order valence-corrected chi connectivity index (χ3v) is 8.38. The number of primary sulfonamides is 1. The molecule has 170 valence electrons. The normalized spacial score (nSPS) is 16.7. The number of hydrogen-bond donors (Lipinski definition) is 2. The van der Waals surface area contributed by atoms with Crippen LogP contribution >= 0.6 is 0 Å². The van der Waals surface area contributed by atoms with Crippen molar-refractivity contribution in [2.45, 2.75) is 32.6 Å². The van der Waals surface area contributed by atoms with Gasteiger partial charge in [-0.05, 0) is 37.1 Å². The van der Waals surface area contributed by atoms with E-state index in [1.165, 1.54) is 20.7 Å². The molecule has 1 saturated heterocycles. The summed E-state index contributed by atoms with van der Waals surface area (Å²) in [6, 6.07) is 2.82. The van der Waals surface area contributed by atoms with E-state index in [4.69, 9.17) is 5.14 Å². The molecule has 1 heterocycles. The van der Waals surface area contributed by atoms with Gasteiger partial charge in [0.1, 0.15) is 0 Å². The summed E-state index contributed by atoms with van der Waals surface area (Å²) in [6.07, 6.45) is 0. The molecule has 0 bridgehead atoms. The van der Waals surface area contributed by atoms with Crippen LogP contribution in [0.15, 0.2) is 17.0 Å². The van der Waals surface area contributed by atoms with E-state index in [1.807, 2.05) is 4.90 Å². The highest BCUT2D eigenvalue weighted by Crippen LogP contribution is 2.23. The first-order valence-electron chi connectivity index (χ1n) is 9.81. The Balaban J connectivity index is 2.00. The van der Waals surface area contributed by atoms with Crippen molar-refractivity contribution < 1.29 is 21.6 Å². The number of nitrogens with zero attached hydrogens (tertiary/aromatic N) is 3. The molecule has 0 aromatic heterocycles. The summed E-state index contributed by atoms with van der Waals surface area (Å²) in [5, 5.41) is 7.96. The number of rotatable bonds is 8. The second kappa shape index (κ2) is 9.71. The molecule has 0 radical (unpaired) electrons. The van der Waals surface area contributed by atoms with Crippen molar-refractivity contribution in [3.63, 3.8) is 0 Å². The van der Waals surface area contributed by atoms with Gasteiger partial charge in [0.25, 0.3) is 10.2 Å². The maximum atomic E-state index is 12.6. The van der Waals surface area contributed by atoms with Gasteiger partial charge in [0.05, 0.1) is 11.4 Å². The van der Waals surface area contributed by atoms with Crippen molar-refractivity contribution in [3.8, 4) is 0 Å². The summed E-state index contributed by atoms with van der Waals surface area (Å²) in [6.45, 7) is 9.53. The molecular formula is C18H31N5O5S2. The Bertz CT molecular complexity index is 982. The van der Waals surface area contributed by atoms with Crippen molar-refractivity contribution in [2.75, 3.05) is 51.1 Å². The van der Waals surface area contributed by atoms with E-state index >= 15 is 0 Å². The van der Waals surface area contributed by atoms with Crippen LogP contribution < -0.4 is 10.5 Å². The average molecular weight is 462 g/mol.